The molecule has 6 nitrogen and oxygen atoms in total. The maximum absolute atomic E-state index is 12.8. The van der Waals surface area contributed by atoms with Crippen molar-refractivity contribution in [1.29, 1.82) is 0 Å². The zero-order valence-electron chi connectivity index (χ0n) is 13.7. The number of ketones is 1. The lowest BCUT2D eigenvalue weighted by atomic mass is 9.95. The van der Waals surface area contributed by atoms with Gasteiger partial charge in [0.25, 0.3) is 0 Å². The van der Waals surface area contributed by atoms with Crippen molar-refractivity contribution in [2.45, 2.75) is 6.92 Å². The van der Waals surface area contributed by atoms with Crippen LogP contribution in [0.2, 0.25) is 0 Å². The molecule has 0 N–H and O–H groups in total. The lowest BCUT2D eigenvalue weighted by Crippen LogP contribution is -2.37. The molecule has 0 unspecified atom stereocenters. The summed E-state index contributed by atoms with van der Waals surface area (Å²) in [6, 6.07) is 0. The van der Waals surface area contributed by atoms with E-state index < -0.39 is 0 Å². The molecule has 2 aromatic heterocycles. The number of carbonyl (C=O) groups excluding carboxylic acids is 1. The fourth-order valence-corrected chi connectivity index (χ4v) is 2.77. The lowest BCUT2D eigenvalue weighted by Gasteiger charge is -2.28. The van der Waals surface area contributed by atoms with Gasteiger partial charge in [-0.3, -0.25) is 19.1 Å². The molecule has 0 amide bonds. The third-order valence-corrected chi connectivity index (χ3v) is 3.95. The third-order valence-electron chi connectivity index (χ3n) is 3.95. The van der Waals surface area contributed by atoms with E-state index in [1.165, 1.54) is 0 Å². The van der Waals surface area contributed by atoms with E-state index in [0.29, 0.717) is 13.1 Å². The number of piperidine rings is 1. The number of aryl methyl sites for hydroxylation is 2. The largest absolute Gasteiger partial charge is 0.295 e. The predicted octanol–water partition coefficient (Wildman–Crippen LogP) is 1.53. The Hall–Kier alpha value is -2.47. The van der Waals surface area contributed by atoms with E-state index in [0.717, 1.165) is 28.8 Å². The quantitative estimate of drug-likeness (QED) is 0.807. The molecular formula is C17H21N5O. The highest BCUT2D eigenvalue weighted by Crippen LogP contribution is 2.21. The molecule has 120 valence electrons. The molecule has 0 aliphatic carbocycles. The number of hydrogen-bond acceptors (Lipinski definition) is 4. The standard InChI is InChI=1S/C17H21N5O/c1-4-22-11-15(5-13-7-18-20(2)9-13)17(23)16(12-22)6-14-8-19-21(3)10-14/h5-10H,4,11-12H2,1-3H3. The number of Topliss-reactive ketones (excluding diaryl/α,β-unsaturated/α-hetero) is 1. The van der Waals surface area contributed by atoms with Gasteiger partial charge < -0.3 is 0 Å². The number of rotatable bonds is 3. The van der Waals surface area contributed by atoms with Crippen molar-refractivity contribution in [3.63, 3.8) is 0 Å². The molecule has 3 rings (SSSR count). The first-order valence-electron chi connectivity index (χ1n) is 7.70. The van der Waals surface area contributed by atoms with Crippen LogP contribution in [-0.2, 0) is 18.9 Å². The van der Waals surface area contributed by atoms with Gasteiger partial charge in [0, 0.05) is 61.9 Å². The molecule has 0 saturated carbocycles. The fourth-order valence-electron chi connectivity index (χ4n) is 2.77. The van der Waals surface area contributed by atoms with Crippen LogP contribution >= 0.6 is 0 Å². The molecule has 1 aliphatic heterocycles. The smallest absolute Gasteiger partial charge is 0.187 e. The van der Waals surface area contributed by atoms with Crippen LogP contribution in [0, 0.1) is 0 Å². The molecule has 0 atom stereocenters. The summed E-state index contributed by atoms with van der Waals surface area (Å²) in [5, 5.41) is 8.31. The summed E-state index contributed by atoms with van der Waals surface area (Å²) in [6.07, 6.45) is 11.2. The molecule has 1 fully saturated rings. The van der Waals surface area contributed by atoms with Gasteiger partial charge in [-0.25, -0.2) is 0 Å². The Morgan fingerprint density at radius 1 is 1.00 bits per heavy atom. The van der Waals surface area contributed by atoms with Gasteiger partial charge in [-0.05, 0) is 18.7 Å². The zero-order valence-corrected chi connectivity index (χ0v) is 13.7. The van der Waals surface area contributed by atoms with Gasteiger partial charge in [0.15, 0.2) is 5.78 Å². The molecule has 0 spiro atoms. The highest BCUT2D eigenvalue weighted by molar-refractivity contribution is 6.14. The second kappa shape index (κ2) is 6.34. The van der Waals surface area contributed by atoms with Crippen molar-refractivity contribution in [3.8, 4) is 0 Å². The first kappa shape index (κ1) is 15.4. The SMILES string of the molecule is CCN1CC(=Cc2cnn(C)c2)C(=O)C(=Cc2cnn(C)c2)C1. The molecule has 6 heteroatoms. The van der Waals surface area contributed by atoms with Gasteiger partial charge in [0.05, 0.1) is 12.4 Å². The van der Waals surface area contributed by atoms with E-state index in [1.54, 1.807) is 21.8 Å². The fraction of sp³-hybridized carbons (Fsp3) is 0.353. The molecule has 0 bridgehead atoms. The van der Waals surface area contributed by atoms with Crippen molar-refractivity contribution >= 4 is 17.9 Å². The predicted molar refractivity (Wildman–Crippen MR) is 89.5 cm³/mol. The third kappa shape index (κ3) is 3.48. The Balaban J connectivity index is 1.93. The molecule has 2 aromatic rings. The maximum atomic E-state index is 12.8. The minimum absolute atomic E-state index is 0.113. The number of aromatic nitrogens is 4. The molecule has 3 heterocycles. The average Bonchev–Trinajstić information content (AvgIpc) is 3.11. The minimum atomic E-state index is 0.113. The number of likely N-dealkylation sites (N-methyl/N-ethyl adjacent to an activating group) is 1. The van der Waals surface area contributed by atoms with Crippen molar-refractivity contribution in [1.82, 2.24) is 24.5 Å². The molecule has 23 heavy (non-hydrogen) atoms. The highest BCUT2D eigenvalue weighted by atomic mass is 16.1. The van der Waals surface area contributed by atoms with Crippen LogP contribution in [-0.4, -0.2) is 49.9 Å². The van der Waals surface area contributed by atoms with Crippen LogP contribution in [0.4, 0.5) is 0 Å². The summed E-state index contributed by atoms with van der Waals surface area (Å²) in [5.41, 5.74) is 3.52. The van der Waals surface area contributed by atoms with Crippen molar-refractivity contribution in [3.05, 3.63) is 47.1 Å². The highest BCUT2D eigenvalue weighted by Gasteiger charge is 2.25. The van der Waals surface area contributed by atoms with Crippen molar-refractivity contribution in [2.24, 2.45) is 14.1 Å². The van der Waals surface area contributed by atoms with Gasteiger partial charge >= 0.3 is 0 Å². The van der Waals surface area contributed by atoms with Gasteiger partial charge in [-0.1, -0.05) is 6.92 Å². The van der Waals surface area contributed by atoms with E-state index in [-0.39, 0.29) is 5.78 Å². The van der Waals surface area contributed by atoms with Gasteiger partial charge in [-0.15, -0.1) is 0 Å². The van der Waals surface area contributed by atoms with Crippen LogP contribution in [0.3, 0.4) is 0 Å². The molecule has 1 saturated heterocycles. The molecule has 0 radical (unpaired) electrons. The summed E-state index contributed by atoms with van der Waals surface area (Å²) >= 11 is 0. The average molecular weight is 311 g/mol. The second-order valence-electron chi connectivity index (χ2n) is 5.87. The van der Waals surface area contributed by atoms with E-state index in [9.17, 15) is 4.79 Å². The summed E-state index contributed by atoms with van der Waals surface area (Å²) in [4.78, 5) is 15.0. The van der Waals surface area contributed by atoms with Gasteiger partial charge in [0.1, 0.15) is 0 Å². The number of likely N-dealkylation sites (tertiary alicyclic amines) is 1. The summed E-state index contributed by atoms with van der Waals surface area (Å²) in [6.45, 7) is 4.37. The van der Waals surface area contributed by atoms with Crippen LogP contribution in [0.15, 0.2) is 35.9 Å². The zero-order chi connectivity index (χ0) is 16.4. The van der Waals surface area contributed by atoms with E-state index in [1.807, 2.05) is 38.6 Å². The Kier molecular flexibility index (Phi) is 4.25. The Labute approximate surface area is 135 Å². The Morgan fingerprint density at radius 3 is 1.83 bits per heavy atom. The summed E-state index contributed by atoms with van der Waals surface area (Å²) in [5.74, 6) is 0.113. The first-order chi connectivity index (χ1) is 11.0. The van der Waals surface area contributed by atoms with Gasteiger partial charge in [-0.2, -0.15) is 10.2 Å². The van der Waals surface area contributed by atoms with Crippen LogP contribution in [0.1, 0.15) is 18.1 Å². The minimum Gasteiger partial charge on any atom is -0.295 e. The molecule has 1 aliphatic rings. The van der Waals surface area contributed by atoms with Crippen LogP contribution < -0.4 is 0 Å². The monoisotopic (exact) mass is 311 g/mol. The number of carbonyl (C=O) groups is 1. The number of nitrogens with zero attached hydrogens (tertiary/aromatic N) is 5. The van der Waals surface area contributed by atoms with Gasteiger partial charge in [0.2, 0.25) is 0 Å². The summed E-state index contributed by atoms with van der Waals surface area (Å²) < 4.78 is 3.48. The van der Waals surface area contributed by atoms with E-state index in [2.05, 4.69) is 22.0 Å². The molecule has 0 aromatic carbocycles. The Morgan fingerprint density at radius 2 is 1.48 bits per heavy atom. The lowest BCUT2D eigenvalue weighted by molar-refractivity contribution is -0.113. The van der Waals surface area contributed by atoms with Crippen LogP contribution in [0.5, 0.6) is 0 Å². The second-order valence-corrected chi connectivity index (χ2v) is 5.87. The topological polar surface area (TPSA) is 56.0 Å². The van der Waals surface area contributed by atoms with E-state index in [4.69, 9.17) is 0 Å². The van der Waals surface area contributed by atoms with Crippen molar-refractivity contribution in [2.75, 3.05) is 19.6 Å². The van der Waals surface area contributed by atoms with Crippen molar-refractivity contribution < 1.29 is 4.79 Å². The summed E-state index contributed by atoms with van der Waals surface area (Å²) in [7, 11) is 3.74. The van der Waals surface area contributed by atoms with Crippen LogP contribution in [0.25, 0.3) is 12.2 Å². The molecular weight excluding hydrogens is 290 g/mol. The van der Waals surface area contributed by atoms with E-state index >= 15 is 0 Å². The Bertz CT molecular complexity index is 718. The normalized spacial score (nSPS) is 19.9. The number of hydrogen-bond donors (Lipinski definition) is 0. The first-order valence-corrected chi connectivity index (χ1v) is 7.70. The maximum Gasteiger partial charge on any atom is 0.187 e.